The lowest BCUT2D eigenvalue weighted by molar-refractivity contribution is 0.0321. The van der Waals surface area contributed by atoms with Gasteiger partial charge in [-0.05, 0) is 149 Å². The minimum atomic E-state index is -0.409. The summed E-state index contributed by atoms with van der Waals surface area (Å²) in [5, 5.41) is 28.0. The molecule has 1 aliphatic carbocycles. The average Bonchev–Trinajstić information content (AvgIpc) is 1.63. The number of carbonyl (C=O) groups is 5. The molecule has 29 heteroatoms. The number of Topliss-reactive ketones (excluding diaryl/α,β-unsaturated/α-hetero) is 1. The number of ether oxygens (including phenoxy) is 10. The van der Waals surface area contributed by atoms with Gasteiger partial charge in [-0.15, -0.1) is 24.0 Å². The SMILES string of the molecule is C(=Nc1ccccc1)Nc1ccccc1.C1CCOC1.CCOC(=O)c1cccc(O)c1.CCOC(=O)c1cccc(OCCN2CCOCC2)c1.Cc1ccc(C(=O)NC2CC2)cc1-n1ncc(C(=O)c2cccc(OCCN3CCOCC3)c2)c1N.Cl.ClCCN1CCOCC1.N#CCC(=O)c1cccc(OCCN2CCOCC2)c1. The summed E-state index contributed by atoms with van der Waals surface area (Å²) in [5.41, 5.74) is 12.7. The van der Waals surface area contributed by atoms with Gasteiger partial charge in [0.05, 0.1) is 119 Å². The number of alkyl halides is 1. The smallest absolute Gasteiger partial charge is 0.338 e. The second kappa shape index (κ2) is 55.4. The molecule has 5 aliphatic heterocycles. The molecule has 7 aromatic carbocycles. The molecule has 1 aromatic heterocycles. The summed E-state index contributed by atoms with van der Waals surface area (Å²) in [6, 6.07) is 54.6. The van der Waals surface area contributed by atoms with Crippen molar-refractivity contribution in [3.05, 3.63) is 221 Å². The number of aliphatic imine (C=N–C) groups is 1. The predicted molar refractivity (Wildman–Crippen MR) is 459 cm³/mol. The number of amides is 1. The number of esters is 2. The Balaban J connectivity index is 0.000000203. The third-order valence-electron chi connectivity index (χ3n) is 18.5. The number of nitriles is 1. The number of anilines is 2. The molecule has 0 bridgehead atoms. The molecule has 27 nitrogen and oxygen atoms in total. The number of nitrogen functional groups attached to an aromatic ring is 1. The lowest BCUT2D eigenvalue weighted by Gasteiger charge is -2.26. The minimum Gasteiger partial charge on any atom is -0.508 e. The van der Waals surface area contributed by atoms with Crippen LogP contribution in [0.2, 0.25) is 0 Å². The fraction of sp³-hybridized carbons (Fsp3) is 0.416. The number of aromatic hydroxyl groups is 1. The van der Waals surface area contributed by atoms with Crippen LogP contribution in [-0.2, 0) is 33.2 Å². The molecule has 5 N–H and O–H groups in total. The van der Waals surface area contributed by atoms with Gasteiger partial charge in [0.25, 0.3) is 5.91 Å². The molecule has 5 saturated heterocycles. The summed E-state index contributed by atoms with van der Waals surface area (Å²) in [6.07, 6.45) is 7.66. The van der Waals surface area contributed by atoms with E-state index in [0.29, 0.717) is 89.4 Å². The Morgan fingerprint density at radius 3 is 1.47 bits per heavy atom. The Morgan fingerprint density at radius 2 is 1.01 bits per heavy atom. The van der Waals surface area contributed by atoms with Crippen molar-refractivity contribution in [2.24, 2.45) is 4.99 Å². The number of aryl methyl sites for hydroxylation is 1. The number of phenolic OH excluding ortho intramolecular Hbond substituents is 1. The van der Waals surface area contributed by atoms with E-state index in [1.807, 2.05) is 97.9 Å². The number of para-hydroxylation sites is 2. The zero-order chi connectivity index (χ0) is 82.9. The molecule has 6 aliphatic rings. The fourth-order valence-electron chi connectivity index (χ4n) is 11.8. The van der Waals surface area contributed by atoms with Gasteiger partial charge in [0.2, 0.25) is 0 Å². The topological polar surface area (TPSA) is 315 Å². The summed E-state index contributed by atoms with van der Waals surface area (Å²) in [4.78, 5) is 73.6. The Labute approximate surface area is 703 Å². The van der Waals surface area contributed by atoms with Crippen LogP contribution in [0, 0.1) is 18.3 Å². The van der Waals surface area contributed by atoms with Crippen molar-refractivity contribution in [1.82, 2.24) is 34.7 Å². The van der Waals surface area contributed by atoms with E-state index in [4.69, 9.17) is 75.1 Å². The maximum atomic E-state index is 13.3. The van der Waals surface area contributed by atoms with Crippen LogP contribution in [0.1, 0.15) is 109 Å². The number of ketones is 2. The Kier molecular flexibility index (Phi) is 44.5. The second-order valence-corrected chi connectivity index (χ2v) is 27.6. The summed E-state index contributed by atoms with van der Waals surface area (Å²) >= 11 is 5.55. The van der Waals surface area contributed by atoms with Crippen LogP contribution >= 0.6 is 24.0 Å². The zero-order valence-corrected chi connectivity index (χ0v) is 69.4. The molecule has 0 atom stereocenters. The van der Waals surface area contributed by atoms with Crippen molar-refractivity contribution in [2.45, 2.75) is 58.9 Å². The molecule has 8 aromatic rings. The number of phenols is 1. The van der Waals surface area contributed by atoms with Crippen LogP contribution in [0.4, 0.5) is 17.2 Å². The molecule has 6 fully saturated rings. The Hall–Kier alpha value is -10.3. The van der Waals surface area contributed by atoms with E-state index >= 15 is 0 Å². The van der Waals surface area contributed by atoms with Gasteiger partial charge < -0.3 is 68.8 Å². The van der Waals surface area contributed by atoms with E-state index < -0.39 is 5.97 Å². The second-order valence-electron chi connectivity index (χ2n) is 27.2. The molecule has 14 rings (SSSR count). The highest BCUT2D eigenvalue weighted by atomic mass is 35.5. The molecular weight excluding hydrogens is 1550 g/mol. The third-order valence-corrected chi connectivity index (χ3v) is 18.7. The van der Waals surface area contributed by atoms with Gasteiger partial charge in [0, 0.05) is 126 Å². The van der Waals surface area contributed by atoms with Crippen molar-refractivity contribution < 1.29 is 76.4 Å². The van der Waals surface area contributed by atoms with Gasteiger partial charge in [-0.2, -0.15) is 10.4 Å². The van der Waals surface area contributed by atoms with Crippen molar-refractivity contribution in [3.63, 3.8) is 0 Å². The lowest BCUT2D eigenvalue weighted by Crippen LogP contribution is -2.38. The predicted octanol–water partition coefficient (Wildman–Crippen LogP) is 12.5. The molecule has 0 spiro atoms. The van der Waals surface area contributed by atoms with Crippen LogP contribution in [0.15, 0.2) is 187 Å². The highest BCUT2D eigenvalue weighted by molar-refractivity contribution is 6.18. The van der Waals surface area contributed by atoms with Crippen LogP contribution in [-0.4, -0.2) is 260 Å². The molecule has 6 heterocycles. The number of aromatic nitrogens is 2. The van der Waals surface area contributed by atoms with Crippen molar-refractivity contribution >= 4 is 77.0 Å². The standard InChI is InChI=1S/C27H31N5O4.C15H18N2O3.C15H21NO4.C13H12N2.C9H10O3.C6H12ClNO.C4H8O.ClH/c1-18-5-6-20(27(34)30-21-7-8-21)16-24(18)32-26(28)23(17-29-32)25(33)19-3-2-4-22(15-19)36-14-11-31-9-12-35-13-10-31;16-5-4-15(18)13-2-1-3-14(12-13)20-11-8-17-6-9-19-10-7-17;1-2-19-15(17)13-4-3-5-14(12-13)20-11-8-16-6-9-18-10-7-16;1-3-7-12(8-4-1)14-11-15-13-9-5-2-6-10-13;1-2-12-9(11)7-4-3-5-8(10)6-7;7-1-2-8-3-5-9-6-4-8;1-2-4-5-3-1;/h2-6,15-17,21H,7-14,28H2,1H3,(H,30,34);1-3,12H,4,6-11H2;3-5,12H,2,6-11H2,1H3;1-11H,(H,14,15);3-6,10H,2H2,1H3;1-6H2;1-4H2;1H. The van der Waals surface area contributed by atoms with E-state index in [0.717, 1.165) is 180 Å². The molecule has 0 unspecified atom stereocenters. The Bertz CT molecular complexity index is 4310. The van der Waals surface area contributed by atoms with Gasteiger partial charge in [0.1, 0.15) is 48.6 Å². The largest absolute Gasteiger partial charge is 0.508 e. The van der Waals surface area contributed by atoms with E-state index in [2.05, 4.69) is 40.3 Å². The van der Waals surface area contributed by atoms with Crippen molar-refractivity contribution in [2.75, 3.05) is 195 Å². The van der Waals surface area contributed by atoms with Crippen LogP contribution in [0.5, 0.6) is 23.0 Å². The number of nitrogens with two attached hydrogens (primary N) is 1. The number of hydrogen-bond donors (Lipinski definition) is 4. The van der Waals surface area contributed by atoms with Crippen LogP contribution in [0.25, 0.3) is 5.69 Å². The highest BCUT2D eigenvalue weighted by Gasteiger charge is 2.26. The van der Waals surface area contributed by atoms with E-state index in [-0.39, 0.29) is 59.9 Å². The molecule has 634 valence electrons. The van der Waals surface area contributed by atoms with Gasteiger partial charge in [-0.25, -0.2) is 19.3 Å². The number of hydrogen-bond acceptors (Lipinski definition) is 24. The molecule has 1 saturated carbocycles. The molecule has 1 amide bonds. The number of nitrogens with one attached hydrogen (secondary N) is 2. The number of rotatable bonds is 28. The van der Waals surface area contributed by atoms with Gasteiger partial charge in [-0.3, -0.25) is 34.0 Å². The van der Waals surface area contributed by atoms with Gasteiger partial charge in [0.15, 0.2) is 11.6 Å². The summed E-state index contributed by atoms with van der Waals surface area (Å²) in [5.74, 6) is 1.77. The highest BCUT2D eigenvalue weighted by Crippen LogP contribution is 2.27. The third kappa shape index (κ3) is 35.9. The summed E-state index contributed by atoms with van der Waals surface area (Å²) < 4.78 is 54.5. The first-order chi connectivity index (χ1) is 57.2. The van der Waals surface area contributed by atoms with Crippen molar-refractivity contribution in [1.29, 1.82) is 5.26 Å². The van der Waals surface area contributed by atoms with Gasteiger partial charge >= 0.3 is 11.9 Å². The number of carbonyl (C=O) groups excluding carboxylic acids is 5. The Morgan fingerprint density at radius 1 is 0.559 bits per heavy atom. The molecule has 118 heavy (non-hydrogen) atoms. The first kappa shape index (κ1) is 94.8. The number of morpholine rings is 4. The molecular formula is C89H113Cl2N11O16. The quantitative estimate of drug-likeness (QED) is 0.0116. The zero-order valence-electron chi connectivity index (χ0n) is 67.8. The molecule has 0 radical (unpaired) electrons. The van der Waals surface area contributed by atoms with E-state index in [1.54, 1.807) is 99.0 Å². The average molecular weight is 1660 g/mol. The summed E-state index contributed by atoms with van der Waals surface area (Å²) in [7, 11) is 0. The minimum absolute atomic E-state index is 0. The van der Waals surface area contributed by atoms with E-state index in [9.17, 15) is 24.0 Å². The van der Waals surface area contributed by atoms with Crippen LogP contribution < -0.4 is 30.6 Å². The maximum absolute atomic E-state index is 13.3. The number of nitrogens with zero attached hydrogens (tertiary/aromatic N) is 8. The van der Waals surface area contributed by atoms with E-state index in [1.165, 1.54) is 35.9 Å². The summed E-state index contributed by atoms with van der Waals surface area (Å²) in [6.45, 7) is 27.4. The first-order valence-electron chi connectivity index (χ1n) is 40.0. The maximum Gasteiger partial charge on any atom is 0.338 e. The number of halogens is 2. The van der Waals surface area contributed by atoms with Gasteiger partial charge in [-0.1, -0.05) is 78.9 Å². The monoisotopic (exact) mass is 1660 g/mol. The van der Waals surface area contributed by atoms with Crippen molar-refractivity contribution in [3.8, 4) is 34.8 Å². The normalized spacial score (nSPS) is 15.2. The lowest BCUT2D eigenvalue weighted by atomic mass is 10.1. The fourth-order valence-corrected chi connectivity index (χ4v) is 12.1. The van der Waals surface area contributed by atoms with Crippen LogP contribution in [0.3, 0.4) is 0 Å². The number of benzene rings is 7. The first-order valence-corrected chi connectivity index (χ1v) is 40.5.